The number of methoxy groups -OCH3 is 1. The number of amides is 1. The predicted molar refractivity (Wildman–Crippen MR) is 96.3 cm³/mol. The standard InChI is InChI=1S/C16H25ClN2O3.ClH/c1-5-16(6-2,10-18)19-15(20)11-8-12(17)14(22-7-3)13(9-11)21-4;/h8-9H,5-7,10,18H2,1-4H3,(H,19,20);1H. The fraction of sp³-hybridized carbons (Fsp3) is 0.562. The van der Waals surface area contributed by atoms with Crippen LogP contribution in [-0.2, 0) is 0 Å². The number of halogens is 2. The molecule has 0 fully saturated rings. The summed E-state index contributed by atoms with van der Waals surface area (Å²) in [5, 5.41) is 3.35. The summed E-state index contributed by atoms with van der Waals surface area (Å²) >= 11 is 6.20. The molecule has 1 amide bonds. The zero-order chi connectivity index (χ0) is 16.8. The van der Waals surface area contributed by atoms with Crippen molar-refractivity contribution in [2.75, 3.05) is 20.3 Å². The van der Waals surface area contributed by atoms with Crippen LogP contribution in [0, 0.1) is 0 Å². The molecule has 0 radical (unpaired) electrons. The SMILES string of the molecule is CCOc1c(Cl)cc(C(=O)NC(CC)(CC)CN)cc1OC.Cl. The van der Waals surface area contributed by atoms with Crippen LogP contribution < -0.4 is 20.5 Å². The first-order valence-electron chi connectivity index (χ1n) is 7.49. The van der Waals surface area contributed by atoms with Crippen LogP contribution in [0.15, 0.2) is 12.1 Å². The Hall–Kier alpha value is -1.17. The van der Waals surface area contributed by atoms with E-state index in [1.54, 1.807) is 12.1 Å². The lowest BCUT2D eigenvalue weighted by atomic mass is 9.92. The minimum absolute atomic E-state index is 0. The van der Waals surface area contributed by atoms with Gasteiger partial charge in [-0.3, -0.25) is 4.79 Å². The molecule has 0 atom stereocenters. The van der Waals surface area contributed by atoms with E-state index in [2.05, 4.69) is 5.32 Å². The molecule has 0 aliphatic heterocycles. The molecule has 1 aromatic rings. The lowest BCUT2D eigenvalue weighted by molar-refractivity contribution is 0.0895. The van der Waals surface area contributed by atoms with Gasteiger partial charge in [0.2, 0.25) is 0 Å². The van der Waals surface area contributed by atoms with E-state index in [1.807, 2.05) is 20.8 Å². The van der Waals surface area contributed by atoms with Gasteiger partial charge in [0.15, 0.2) is 11.5 Å². The maximum atomic E-state index is 12.5. The van der Waals surface area contributed by atoms with Gasteiger partial charge in [-0.1, -0.05) is 25.4 Å². The molecule has 0 spiro atoms. The Labute approximate surface area is 149 Å². The molecule has 1 aromatic carbocycles. The van der Waals surface area contributed by atoms with E-state index in [1.165, 1.54) is 7.11 Å². The van der Waals surface area contributed by atoms with Crippen molar-refractivity contribution in [2.45, 2.75) is 39.2 Å². The molecule has 0 aliphatic rings. The Morgan fingerprint density at radius 2 is 1.91 bits per heavy atom. The third-order valence-electron chi connectivity index (χ3n) is 3.90. The molecule has 7 heteroatoms. The lowest BCUT2D eigenvalue weighted by Gasteiger charge is -2.31. The molecule has 0 aliphatic carbocycles. The average molecular weight is 365 g/mol. The summed E-state index contributed by atoms with van der Waals surface area (Å²) in [6.07, 6.45) is 1.52. The van der Waals surface area contributed by atoms with Crippen molar-refractivity contribution < 1.29 is 14.3 Å². The summed E-state index contributed by atoms with van der Waals surface area (Å²) in [4.78, 5) is 12.5. The summed E-state index contributed by atoms with van der Waals surface area (Å²) in [5.41, 5.74) is 5.83. The van der Waals surface area contributed by atoms with Gasteiger partial charge in [-0.15, -0.1) is 12.4 Å². The van der Waals surface area contributed by atoms with Crippen LogP contribution in [-0.4, -0.2) is 31.7 Å². The Bertz CT molecular complexity index is 512. The van der Waals surface area contributed by atoms with Crippen LogP contribution in [0.5, 0.6) is 11.5 Å². The van der Waals surface area contributed by atoms with E-state index in [-0.39, 0.29) is 18.3 Å². The van der Waals surface area contributed by atoms with Gasteiger partial charge in [0.25, 0.3) is 5.91 Å². The van der Waals surface area contributed by atoms with Crippen LogP contribution in [0.4, 0.5) is 0 Å². The fourth-order valence-corrected chi connectivity index (χ4v) is 2.48. The largest absolute Gasteiger partial charge is 0.493 e. The highest BCUT2D eigenvalue weighted by Gasteiger charge is 2.27. The summed E-state index contributed by atoms with van der Waals surface area (Å²) in [7, 11) is 1.51. The van der Waals surface area contributed by atoms with Gasteiger partial charge in [0, 0.05) is 12.1 Å². The second-order valence-corrected chi connectivity index (χ2v) is 5.48. The van der Waals surface area contributed by atoms with Crippen molar-refractivity contribution in [3.8, 4) is 11.5 Å². The topological polar surface area (TPSA) is 73.6 Å². The average Bonchev–Trinajstić information content (AvgIpc) is 2.54. The summed E-state index contributed by atoms with van der Waals surface area (Å²) < 4.78 is 10.7. The quantitative estimate of drug-likeness (QED) is 0.740. The van der Waals surface area contributed by atoms with E-state index < -0.39 is 5.54 Å². The van der Waals surface area contributed by atoms with Gasteiger partial charge < -0.3 is 20.5 Å². The number of carbonyl (C=O) groups excluding carboxylic acids is 1. The van der Waals surface area contributed by atoms with E-state index in [9.17, 15) is 4.79 Å². The number of rotatable bonds is 8. The third kappa shape index (κ3) is 5.16. The van der Waals surface area contributed by atoms with Gasteiger partial charge in [-0.25, -0.2) is 0 Å². The molecular formula is C16H26Cl2N2O3. The Morgan fingerprint density at radius 3 is 2.35 bits per heavy atom. The summed E-state index contributed by atoms with van der Waals surface area (Å²) in [6, 6.07) is 3.20. The number of nitrogens with two attached hydrogens (primary N) is 1. The van der Waals surface area contributed by atoms with Crippen LogP contribution in [0.2, 0.25) is 5.02 Å². The van der Waals surface area contributed by atoms with Gasteiger partial charge in [0.1, 0.15) is 0 Å². The van der Waals surface area contributed by atoms with Crippen molar-refractivity contribution >= 4 is 29.9 Å². The second kappa shape index (κ2) is 9.85. The van der Waals surface area contributed by atoms with E-state index in [0.29, 0.717) is 35.2 Å². The molecule has 0 aromatic heterocycles. The van der Waals surface area contributed by atoms with Crippen molar-refractivity contribution in [3.63, 3.8) is 0 Å². The first-order valence-corrected chi connectivity index (χ1v) is 7.87. The molecule has 132 valence electrons. The van der Waals surface area contributed by atoms with Crippen LogP contribution in [0.1, 0.15) is 44.0 Å². The smallest absolute Gasteiger partial charge is 0.251 e. The van der Waals surface area contributed by atoms with Crippen LogP contribution in [0.25, 0.3) is 0 Å². The van der Waals surface area contributed by atoms with Crippen LogP contribution in [0.3, 0.4) is 0 Å². The highest BCUT2D eigenvalue weighted by Crippen LogP contribution is 2.36. The summed E-state index contributed by atoms with van der Waals surface area (Å²) in [5.74, 6) is 0.655. The second-order valence-electron chi connectivity index (χ2n) is 5.07. The Morgan fingerprint density at radius 1 is 1.30 bits per heavy atom. The highest BCUT2D eigenvalue weighted by atomic mass is 35.5. The minimum Gasteiger partial charge on any atom is -0.493 e. The van der Waals surface area contributed by atoms with Gasteiger partial charge in [0.05, 0.1) is 24.3 Å². The molecule has 0 heterocycles. The normalized spacial score (nSPS) is 10.7. The number of hydrogen-bond donors (Lipinski definition) is 2. The molecule has 5 nitrogen and oxygen atoms in total. The highest BCUT2D eigenvalue weighted by molar-refractivity contribution is 6.32. The van der Waals surface area contributed by atoms with Gasteiger partial charge >= 0.3 is 0 Å². The first kappa shape index (κ1) is 21.8. The predicted octanol–water partition coefficient (Wildman–Crippen LogP) is 3.42. The first-order chi connectivity index (χ1) is 10.5. The number of carbonyl (C=O) groups is 1. The maximum Gasteiger partial charge on any atom is 0.251 e. The Balaban J connectivity index is 0.00000484. The third-order valence-corrected chi connectivity index (χ3v) is 4.18. The van der Waals surface area contributed by atoms with Gasteiger partial charge in [-0.2, -0.15) is 0 Å². The molecule has 0 saturated carbocycles. The fourth-order valence-electron chi connectivity index (χ4n) is 2.21. The van der Waals surface area contributed by atoms with Crippen molar-refractivity contribution in [2.24, 2.45) is 5.73 Å². The van der Waals surface area contributed by atoms with Crippen molar-refractivity contribution in [1.29, 1.82) is 0 Å². The molecule has 1 rings (SSSR count). The monoisotopic (exact) mass is 364 g/mol. The Kier molecular flexibility index (Phi) is 9.35. The lowest BCUT2D eigenvalue weighted by Crippen LogP contribution is -2.52. The van der Waals surface area contributed by atoms with E-state index >= 15 is 0 Å². The minimum atomic E-state index is -0.407. The number of benzene rings is 1. The number of ether oxygens (including phenoxy) is 2. The van der Waals surface area contributed by atoms with E-state index in [4.69, 9.17) is 26.8 Å². The van der Waals surface area contributed by atoms with Crippen molar-refractivity contribution in [3.05, 3.63) is 22.7 Å². The molecule has 0 unspecified atom stereocenters. The zero-order valence-corrected chi connectivity index (χ0v) is 15.6. The zero-order valence-electron chi connectivity index (χ0n) is 14.1. The number of nitrogens with one attached hydrogen (secondary N) is 1. The molecular weight excluding hydrogens is 339 g/mol. The van der Waals surface area contributed by atoms with Crippen LogP contribution >= 0.6 is 24.0 Å². The number of hydrogen-bond acceptors (Lipinski definition) is 4. The molecule has 3 N–H and O–H groups in total. The molecule has 0 bridgehead atoms. The van der Waals surface area contributed by atoms with Crippen molar-refractivity contribution in [1.82, 2.24) is 5.32 Å². The molecule has 0 saturated heterocycles. The molecule has 23 heavy (non-hydrogen) atoms. The van der Waals surface area contributed by atoms with E-state index in [0.717, 1.165) is 12.8 Å². The maximum absolute atomic E-state index is 12.5. The van der Waals surface area contributed by atoms with Gasteiger partial charge in [-0.05, 0) is 31.9 Å². The summed E-state index contributed by atoms with van der Waals surface area (Å²) in [6.45, 7) is 6.70.